The van der Waals surface area contributed by atoms with E-state index in [2.05, 4.69) is 13.0 Å². The molecule has 0 aliphatic rings. The third kappa shape index (κ3) is 4.11. The van der Waals surface area contributed by atoms with E-state index in [0.29, 0.717) is 5.92 Å². The molecule has 0 aromatic carbocycles. The van der Waals surface area contributed by atoms with Crippen molar-refractivity contribution in [1.82, 2.24) is 0 Å². The number of hydrogen-bond acceptors (Lipinski definition) is 2. The molecule has 0 aliphatic carbocycles. The molecular formula is C11H20O2. The lowest BCUT2D eigenvalue weighted by Crippen LogP contribution is -2.20. The van der Waals surface area contributed by atoms with Crippen molar-refractivity contribution in [1.29, 1.82) is 0 Å². The summed E-state index contributed by atoms with van der Waals surface area (Å²) < 4.78 is 4.71. The number of allylic oxidation sites excluding steroid dienone is 2. The second-order valence-electron chi connectivity index (χ2n) is 3.29. The van der Waals surface area contributed by atoms with Crippen LogP contribution in [-0.4, -0.2) is 13.1 Å². The van der Waals surface area contributed by atoms with Gasteiger partial charge in [-0.05, 0) is 19.3 Å². The third-order valence-electron chi connectivity index (χ3n) is 2.28. The van der Waals surface area contributed by atoms with E-state index in [4.69, 9.17) is 4.74 Å². The second kappa shape index (κ2) is 6.70. The predicted molar refractivity (Wildman–Crippen MR) is 54.4 cm³/mol. The van der Waals surface area contributed by atoms with E-state index in [9.17, 15) is 4.79 Å². The van der Waals surface area contributed by atoms with Crippen LogP contribution in [0, 0.1) is 11.8 Å². The first-order chi connectivity index (χ1) is 6.17. The topological polar surface area (TPSA) is 26.3 Å². The molecule has 2 atom stereocenters. The molecule has 0 saturated heterocycles. The van der Waals surface area contributed by atoms with Gasteiger partial charge in [-0.1, -0.05) is 32.4 Å². The summed E-state index contributed by atoms with van der Waals surface area (Å²) in [6.45, 7) is 6.03. The van der Waals surface area contributed by atoms with E-state index in [1.165, 1.54) is 7.11 Å². The number of carbonyl (C=O) groups is 1. The summed E-state index contributed by atoms with van der Waals surface area (Å²) in [5.74, 6) is 0.181. The van der Waals surface area contributed by atoms with Crippen molar-refractivity contribution in [2.45, 2.75) is 33.6 Å². The molecule has 0 radical (unpaired) electrons. The number of carbonyl (C=O) groups excluding carboxylic acids is 1. The lowest BCUT2D eigenvalue weighted by Gasteiger charge is -2.17. The van der Waals surface area contributed by atoms with Crippen molar-refractivity contribution < 1.29 is 9.53 Å². The van der Waals surface area contributed by atoms with Gasteiger partial charge in [0.25, 0.3) is 0 Å². The third-order valence-corrected chi connectivity index (χ3v) is 2.28. The van der Waals surface area contributed by atoms with Crippen molar-refractivity contribution >= 4 is 5.97 Å². The van der Waals surface area contributed by atoms with Gasteiger partial charge in [0.05, 0.1) is 13.0 Å². The summed E-state index contributed by atoms with van der Waals surface area (Å²) in [6, 6.07) is 0. The van der Waals surface area contributed by atoms with Crippen LogP contribution < -0.4 is 0 Å². The summed E-state index contributed by atoms with van der Waals surface area (Å²) in [7, 11) is 1.44. The number of methoxy groups -OCH3 is 1. The van der Waals surface area contributed by atoms with Gasteiger partial charge in [-0.2, -0.15) is 0 Å². The molecule has 0 bridgehead atoms. The molecule has 0 amide bonds. The van der Waals surface area contributed by atoms with Crippen LogP contribution in [0.25, 0.3) is 0 Å². The Morgan fingerprint density at radius 2 is 2.15 bits per heavy atom. The first-order valence-corrected chi connectivity index (χ1v) is 4.88. The molecule has 0 aromatic rings. The van der Waals surface area contributed by atoms with Crippen molar-refractivity contribution in [2.75, 3.05) is 7.11 Å². The fourth-order valence-corrected chi connectivity index (χ4v) is 1.45. The van der Waals surface area contributed by atoms with Crippen LogP contribution in [-0.2, 0) is 9.53 Å². The van der Waals surface area contributed by atoms with Crippen LogP contribution >= 0.6 is 0 Å². The fourth-order valence-electron chi connectivity index (χ4n) is 1.45. The molecule has 0 spiro atoms. The molecule has 0 aromatic heterocycles. The van der Waals surface area contributed by atoms with Gasteiger partial charge in [0, 0.05) is 0 Å². The van der Waals surface area contributed by atoms with Gasteiger partial charge in [0.1, 0.15) is 0 Å². The molecule has 2 nitrogen and oxygen atoms in total. The van der Waals surface area contributed by atoms with Gasteiger partial charge in [0.15, 0.2) is 0 Å². The zero-order valence-electron chi connectivity index (χ0n) is 9.04. The molecule has 13 heavy (non-hydrogen) atoms. The fraction of sp³-hybridized carbons (Fsp3) is 0.727. The van der Waals surface area contributed by atoms with Crippen LogP contribution in [0.1, 0.15) is 33.6 Å². The summed E-state index contributed by atoms with van der Waals surface area (Å²) >= 11 is 0. The Balaban J connectivity index is 4.26. The van der Waals surface area contributed by atoms with Crippen LogP contribution in [0.4, 0.5) is 0 Å². The predicted octanol–water partition coefficient (Wildman–Crippen LogP) is 2.79. The lowest BCUT2D eigenvalue weighted by molar-refractivity contribution is -0.146. The minimum Gasteiger partial charge on any atom is -0.469 e. The average molecular weight is 184 g/mol. The average Bonchev–Trinajstić information content (AvgIpc) is 2.15. The van der Waals surface area contributed by atoms with E-state index in [1.54, 1.807) is 0 Å². The first kappa shape index (κ1) is 12.2. The van der Waals surface area contributed by atoms with Crippen molar-refractivity contribution in [2.24, 2.45) is 11.8 Å². The molecule has 0 aliphatic heterocycles. The highest BCUT2D eigenvalue weighted by atomic mass is 16.5. The lowest BCUT2D eigenvalue weighted by atomic mass is 9.89. The maximum absolute atomic E-state index is 11.2. The number of esters is 1. The number of ether oxygens (including phenoxy) is 1. The van der Waals surface area contributed by atoms with Gasteiger partial charge >= 0.3 is 5.97 Å². The summed E-state index contributed by atoms with van der Waals surface area (Å²) in [5.41, 5.74) is 0. The first-order valence-electron chi connectivity index (χ1n) is 4.88. The van der Waals surface area contributed by atoms with Gasteiger partial charge in [-0.3, -0.25) is 4.79 Å². The van der Waals surface area contributed by atoms with Gasteiger partial charge < -0.3 is 4.74 Å². The number of hydrogen-bond donors (Lipinski definition) is 0. The van der Waals surface area contributed by atoms with Crippen LogP contribution in [0.5, 0.6) is 0 Å². The highest BCUT2D eigenvalue weighted by molar-refractivity contribution is 5.72. The largest absolute Gasteiger partial charge is 0.469 e. The minimum absolute atomic E-state index is 0.0267. The summed E-state index contributed by atoms with van der Waals surface area (Å²) in [4.78, 5) is 11.2. The van der Waals surface area contributed by atoms with E-state index in [-0.39, 0.29) is 11.9 Å². The standard InChI is InChI=1S/C11H20O2/c1-5-7-10(8-6-2)9(3)11(12)13-4/h5,7,9-10H,6,8H2,1-4H3/b7-5+/t9-,10+/m1/s1. The Kier molecular flexibility index (Phi) is 6.29. The molecule has 0 fully saturated rings. The molecule has 76 valence electrons. The molecule has 0 heterocycles. The SMILES string of the molecule is C/C=C/[C@@H](CCC)[C@@H](C)C(=O)OC. The maximum atomic E-state index is 11.2. The van der Waals surface area contributed by atoms with Crippen LogP contribution in [0.2, 0.25) is 0 Å². The summed E-state index contributed by atoms with van der Waals surface area (Å²) in [5, 5.41) is 0. The van der Waals surface area contributed by atoms with E-state index in [1.807, 2.05) is 19.9 Å². The van der Waals surface area contributed by atoms with E-state index < -0.39 is 0 Å². The smallest absolute Gasteiger partial charge is 0.308 e. The van der Waals surface area contributed by atoms with E-state index >= 15 is 0 Å². The molecule has 0 N–H and O–H groups in total. The van der Waals surface area contributed by atoms with Gasteiger partial charge in [-0.25, -0.2) is 0 Å². The zero-order chi connectivity index (χ0) is 10.3. The molecule has 0 saturated carbocycles. The Morgan fingerprint density at radius 1 is 1.54 bits per heavy atom. The molecule has 2 heteroatoms. The van der Waals surface area contributed by atoms with Crippen LogP contribution in [0.15, 0.2) is 12.2 Å². The zero-order valence-corrected chi connectivity index (χ0v) is 9.04. The molecule has 0 unspecified atom stereocenters. The monoisotopic (exact) mass is 184 g/mol. The van der Waals surface area contributed by atoms with Gasteiger partial charge in [0.2, 0.25) is 0 Å². The normalized spacial score (nSPS) is 15.7. The Bertz CT molecular complexity index is 173. The number of rotatable bonds is 5. The Labute approximate surface area is 81.0 Å². The van der Waals surface area contributed by atoms with Crippen molar-refractivity contribution in [3.63, 3.8) is 0 Å². The highest BCUT2D eigenvalue weighted by Crippen LogP contribution is 2.20. The van der Waals surface area contributed by atoms with E-state index in [0.717, 1.165) is 12.8 Å². The van der Waals surface area contributed by atoms with Gasteiger partial charge in [-0.15, -0.1) is 0 Å². The summed E-state index contributed by atoms with van der Waals surface area (Å²) in [6.07, 6.45) is 6.22. The second-order valence-corrected chi connectivity index (χ2v) is 3.29. The molecular weight excluding hydrogens is 164 g/mol. The van der Waals surface area contributed by atoms with Crippen molar-refractivity contribution in [3.05, 3.63) is 12.2 Å². The Hall–Kier alpha value is -0.790. The van der Waals surface area contributed by atoms with Crippen LogP contribution in [0.3, 0.4) is 0 Å². The minimum atomic E-state index is -0.114. The Morgan fingerprint density at radius 3 is 2.54 bits per heavy atom. The molecule has 0 rings (SSSR count). The highest BCUT2D eigenvalue weighted by Gasteiger charge is 2.21. The maximum Gasteiger partial charge on any atom is 0.308 e. The quantitative estimate of drug-likeness (QED) is 0.485. The van der Waals surface area contributed by atoms with Crippen molar-refractivity contribution in [3.8, 4) is 0 Å².